The monoisotopic (exact) mass is 118 g/mol. The van der Waals surface area contributed by atoms with Crippen molar-refractivity contribution in [3.05, 3.63) is 0 Å². The molecule has 0 aliphatic rings. The lowest BCUT2D eigenvalue weighted by molar-refractivity contribution is -0.143. The minimum atomic E-state index is -0.720. The fraction of sp³-hybridized carbons (Fsp3) is 0.800. The van der Waals surface area contributed by atoms with E-state index in [1.165, 1.54) is 0 Å². The Labute approximate surface area is 48.3 Å². The van der Waals surface area contributed by atoms with Crippen molar-refractivity contribution in [2.24, 2.45) is 0 Å². The first-order chi connectivity index (χ1) is 3.62. The number of aliphatic hydroxyl groups excluding tert-OH is 1. The van der Waals surface area contributed by atoms with E-state index in [4.69, 9.17) is 5.11 Å². The van der Waals surface area contributed by atoms with Crippen LogP contribution in [0.25, 0.3) is 0 Å². The highest BCUT2D eigenvalue weighted by Gasteiger charge is 2.15. The van der Waals surface area contributed by atoms with Gasteiger partial charge in [-0.25, -0.2) is 0 Å². The maximum Gasteiger partial charge on any atom is 0.293 e. The summed E-state index contributed by atoms with van der Waals surface area (Å²) < 4.78 is 4.45. The zero-order valence-electron chi connectivity index (χ0n) is 5.05. The van der Waals surface area contributed by atoms with E-state index in [1.807, 2.05) is 0 Å². The molecular formula is C5H10O3. The van der Waals surface area contributed by atoms with Crippen LogP contribution in [0.5, 0.6) is 0 Å². The van der Waals surface area contributed by atoms with E-state index in [9.17, 15) is 4.79 Å². The highest BCUT2D eigenvalue weighted by atomic mass is 16.5. The molecule has 3 heteroatoms. The average Bonchev–Trinajstić information content (AvgIpc) is 1.67. The van der Waals surface area contributed by atoms with Gasteiger partial charge in [0.15, 0.2) is 0 Å². The molecule has 0 bridgehead atoms. The minimum absolute atomic E-state index is 0.147. The van der Waals surface area contributed by atoms with Gasteiger partial charge in [-0.2, -0.15) is 0 Å². The second kappa shape index (κ2) is 2.67. The van der Waals surface area contributed by atoms with E-state index in [2.05, 4.69) is 4.74 Å². The molecule has 0 aromatic carbocycles. The second-order valence-corrected chi connectivity index (χ2v) is 2.13. The maximum atomic E-state index is 9.65. The van der Waals surface area contributed by atoms with E-state index >= 15 is 0 Å². The smallest absolute Gasteiger partial charge is 0.293 e. The van der Waals surface area contributed by atoms with E-state index in [0.717, 1.165) is 0 Å². The Morgan fingerprint density at radius 2 is 2.25 bits per heavy atom. The quantitative estimate of drug-likeness (QED) is 0.528. The molecule has 0 atom stereocenters. The topological polar surface area (TPSA) is 46.5 Å². The first kappa shape index (κ1) is 7.43. The molecule has 0 spiro atoms. The van der Waals surface area contributed by atoms with E-state index in [-0.39, 0.29) is 6.61 Å². The fourth-order valence-corrected chi connectivity index (χ4v) is 0.168. The van der Waals surface area contributed by atoms with Crippen molar-refractivity contribution in [3.8, 4) is 0 Å². The van der Waals surface area contributed by atoms with Gasteiger partial charge in [0.25, 0.3) is 6.47 Å². The molecule has 0 rings (SSSR count). The van der Waals surface area contributed by atoms with Crippen molar-refractivity contribution in [2.45, 2.75) is 19.4 Å². The van der Waals surface area contributed by atoms with Crippen molar-refractivity contribution in [3.63, 3.8) is 0 Å². The van der Waals surface area contributed by atoms with Crippen LogP contribution in [0, 0.1) is 0 Å². The molecule has 0 unspecified atom stereocenters. The van der Waals surface area contributed by atoms with Gasteiger partial charge in [0.1, 0.15) is 5.60 Å². The molecule has 1 N–H and O–H groups in total. The predicted molar refractivity (Wildman–Crippen MR) is 28.3 cm³/mol. The Hall–Kier alpha value is -0.570. The lowest BCUT2D eigenvalue weighted by Gasteiger charge is -2.18. The number of hydrogen-bond acceptors (Lipinski definition) is 3. The SMILES string of the molecule is CC(C)(CO)OC=O. The largest absolute Gasteiger partial charge is 0.459 e. The fourth-order valence-electron chi connectivity index (χ4n) is 0.168. The van der Waals surface area contributed by atoms with Crippen molar-refractivity contribution >= 4 is 6.47 Å². The second-order valence-electron chi connectivity index (χ2n) is 2.13. The van der Waals surface area contributed by atoms with Crippen LogP contribution in [0.3, 0.4) is 0 Å². The van der Waals surface area contributed by atoms with Gasteiger partial charge < -0.3 is 9.84 Å². The first-order valence-electron chi connectivity index (χ1n) is 2.35. The first-order valence-corrected chi connectivity index (χ1v) is 2.35. The number of ether oxygens (including phenoxy) is 1. The third kappa shape index (κ3) is 2.58. The maximum absolute atomic E-state index is 9.65. The molecule has 0 aliphatic carbocycles. The van der Waals surface area contributed by atoms with E-state index in [0.29, 0.717) is 6.47 Å². The summed E-state index contributed by atoms with van der Waals surface area (Å²) in [5, 5.41) is 8.44. The highest BCUT2D eigenvalue weighted by Crippen LogP contribution is 2.03. The normalized spacial score (nSPS) is 10.9. The van der Waals surface area contributed by atoms with Crippen LogP contribution >= 0.6 is 0 Å². The van der Waals surface area contributed by atoms with Crippen LogP contribution in [-0.2, 0) is 9.53 Å². The van der Waals surface area contributed by atoms with Gasteiger partial charge in [0.05, 0.1) is 6.61 Å². The van der Waals surface area contributed by atoms with Crippen LogP contribution in [-0.4, -0.2) is 23.8 Å². The van der Waals surface area contributed by atoms with Crippen LogP contribution in [0.15, 0.2) is 0 Å². The summed E-state index contributed by atoms with van der Waals surface area (Å²) in [6, 6.07) is 0. The lowest BCUT2D eigenvalue weighted by Crippen LogP contribution is -2.28. The summed E-state index contributed by atoms with van der Waals surface area (Å²) in [5.41, 5.74) is -0.720. The van der Waals surface area contributed by atoms with Crippen molar-refractivity contribution in [1.29, 1.82) is 0 Å². The molecule has 0 aromatic rings. The highest BCUT2D eigenvalue weighted by molar-refractivity contribution is 5.38. The molecule has 48 valence electrons. The predicted octanol–water partition coefficient (Wildman–Crippen LogP) is -0.0697. The number of carbonyl (C=O) groups excluding carboxylic acids is 1. The Morgan fingerprint density at radius 1 is 1.75 bits per heavy atom. The number of carbonyl (C=O) groups is 1. The molecule has 0 saturated carbocycles. The minimum Gasteiger partial charge on any atom is -0.459 e. The van der Waals surface area contributed by atoms with Crippen LogP contribution in [0.4, 0.5) is 0 Å². The van der Waals surface area contributed by atoms with Crippen molar-refractivity contribution in [2.75, 3.05) is 6.61 Å². The molecule has 0 heterocycles. The molecular weight excluding hydrogens is 108 g/mol. The van der Waals surface area contributed by atoms with Gasteiger partial charge in [-0.1, -0.05) is 0 Å². The summed E-state index contributed by atoms with van der Waals surface area (Å²) in [5.74, 6) is 0. The third-order valence-corrected chi connectivity index (χ3v) is 0.748. The Bertz CT molecular complexity index is 77.7. The van der Waals surface area contributed by atoms with Gasteiger partial charge in [-0.15, -0.1) is 0 Å². The van der Waals surface area contributed by atoms with Crippen LogP contribution < -0.4 is 0 Å². The molecule has 8 heavy (non-hydrogen) atoms. The number of aliphatic hydroxyl groups is 1. The van der Waals surface area contributed by atoms with Gasteiger partial charge in [-0.05, 0) is 13.8 Å². The third-order valence-electron chi connectivity index (χ3n) is 0.748. The zero-order valence-corrected chi connectivity index (χ0v) is 5.05. The standard InChI is InChI=1S/C5H10O3/c1-5(2,3-6)8-4-7/h4,6H,3H2,1-2H3. The van der Waals surface area contributed by atoms with E-state index in [1.54, 1.807) is 13.8 Å². The average molecular weight is 118 g/mol. The lowest BCUT2D eigenvalue weighted by atomic mass is 10.2. The summed E-state index contributed by atoms with van der Waals surface area (Å²) in [6.07, 6.45) is 0. The number of rotatable bonds is 3. The van der Waals surface area contributed by atoms with Gasteiger partial charge in [0.2, 0.25) is 0 Å². The Kier molecular flexibility index (Phi) is 2.48. The summed E-state index contributed by atoms with van der Waals surface area (Å²) in [4.78, 5) is 9.65. The van der Waals surface area contributed by atoms with Crippen molar-refractivity contribution < 1.29 is 14.6 Å². The Balaban J connectivity index is 3.53. The molecule has 0 aromatic heterocycles. The number of hydrogen-bond donors (Lipinski definition) is 1. The molecule has 3 nitrogen and oxygen atoms in total. The summed E-state index contributed by atoms with van der Waals surface area (Å²) in [6.45, 7) is 3.44. The molecule has 0 saturated heterocycles. The molecule has 0 fully saturated rings. The van der Waals surface area contributed by atoms with Crippen LogP contribution in [0.1, 0.15) is 13.8 Å². The molecule has 0 aliphatic heterocycles. The van der Waals surface area contributed by atoms with Gasteiger partial charge in [0, 0.05) is 0 Å². The molecule has 0 amide bonds. The Morgan fingerprint density at radius 3 is 2.38 bits per heavy atom. The van der Waals surface area contributed by atoms with Crippen LogP contribution in [0.2, 0.25) is 0 Å². The zero-order chi connectivity index (χ0) is 6.62. The molecule has 0 radical (unpaired) electrons. The van der Waals surface area contributed by atoms with Gasteiger partial charge >= 0.3 is 0 Å². The summed E-state index contributed by atoms with van der Waals surface area (Å²) in [7, 11) is 0. The summed E-state index contributed by atoms with van der Waals surface area (Å²) >= 11 is 0. The van der Waals surface area contributed by atoms with E-state index < -0.39 is 5.60 Å². The van der Waals surface area contributed by atoms with Gasteiger partial charge in [-0.3, -0.25) is 4.79 Å². The van der Waals surface area contributed by atoms with Crippen molar-refractivity contribution in [1.82, 2.24) is 0 Å².